The van der Waals surface area contributed by atoms with Crippen molar-refractivity contribution in [3.63, 3.8) is 0 Å². The van der Waals surface area contributed by atoms with E-state index in [9.17, 15) is 18.3 Å². The number of aliphatic carboxylic acids is 1. The van der Waals surface area contributed by atoms with Gasteiger partial charge >= 0.3 is 5.97 Å². The topological polar surface area (TPSA) is 93.6 Å². The molecule has 0 bridgehead atoms. The van der Waals surface area contributed by atoms with E-state index in [1.165, 1.54) is 50.7 Å². The van der Waals surface area contributed by atoms with Crippen LogP contribution in [0.1, 0.15) is 12.5 Å². The van der Waals surface area contributed by atoms with Crippen LogP contribution in [0.25, 0.3) is 0 Å². The molecule has 0 spiro atoms. The van der Waals surface area contributed by atoms with Crippen LogP contribution in [0.3, 0.4) is 0 Å². The van der Waals surface area contributed by atoms with Crippen molar-refractivity contribution >= 4 is 15.8 Å². The Morgan fingerprint density at radius 2 is 1.96 bits per heavy atom. The van der Waals surface area contributed by atoms with Gasteiger partial charge in [-0.2, -0.15) is 0 Å². The highest BCUT2D eigenvalue weighted by Crippen LogP contribution is 2.31. The van der Waals surface area contributed by atoms with E-state index in [1.54, 1.807) is 12.1 Å². The second-order valence-corrected chi connectivity index (χ2v) is 7.40. The molecule has 0 fully saturated rings. The number of nitrogens with zero attached hydrogens (tertiary/aromatic N) is 1. The van der Waals surface area contributed by atoms with E-state index >= 15 is 0 Å². The van der Waals surface area contributed by atoms with Gasteiger partial charge in [0.2, 0.25) is 14.6 Å². The summed E-state index contributed by atoms with van der Waals surface area (Å²) >= 11 is 0. The number of methoxy groups -OCH3 is 1. The summed E-state index contributed by atoms with van der Waals surface area (Å²) in [4.78, 5) is 15.8. The maximum absolute atomic E-state index is 13.1. The fourth-order valence-electron chi connectivity index (χ4n) is 2.40. The van der Waals surface area contributed by atoms with Crippen LogP contribution in [0.5, 0.6) is 5.75 Å². The summed E-state index contributed by atoms with van der Waals surface area (Å²) < 4.78 is 29.0. The molecule has 0 saturated heterocycles. The first-order valence-corrected chi connectivity index (χ1v) is 8.80. The predicted octanol–water partition coefficient (Wildman–Crippen LogP) is 1.95. The molecule has 25 heavy (non-hydrogen) atoms. The first-order valence-electron chi connectivity index (χ1n) is 7.32. The monoisotopic (exact) mass is 359 g/mol. The Morgan fingerprint density at radius 1 is 1.28 bits per heavy atom. The number of carbonyl (C=O) groups is 1. The normalized spacial score (nSPS) is 13.2. The minimum atomic E-state index is -4.30. The zero-order valence-corrected chi connectivity index (χ0v) is 14.6. The van der Waals surface area contributed by atoms with Crippen molar-refractivity contribution in [1.82, 2.24) is 4.98 Å². The van der Waals surface area contributed by atoms with E-state index in [1.807, 2.05) is 0 Å². The maximum Gasteiger partial charge on any atom is 0.338 e. The van der Waals surface area contributed by atoms with E-state index in [0.717, 1.165) is 0 Å². The Hall–Kier alpha value is -2.85. The van der Waals surface area contributed by atoms with Crippen LogP contribution in [-0.2, 0) is 21.1 Å². The number of sulfone groups is 1. The average molecular weight is 359 g/mol. The highest BCUT2D eigenvalue weighted by molar-refractivity contribution is 7.94. The minimum Gasteiger partial charge on any atom is -0.497 e. The molecule has 0 aliphatic rings. The molecular weight excluding hydrogens is 342 g/mol. The fraction of sp³-hybridized carbons (Fsp3) is 0.222. The third-order valence-corrected chi connectivity index (χ3v) is 5.91. The van der Waals surface area contributed by atoms with Gasteiger partial charge in [-0.25, -0.2) is 13.2 Å². The standard InChI is InChI=1S/C18H17NO5S/c1-3-10-18(17(20)21,12-14-5-4-11-19-13-14)25(22,23)16-8-6-15(24-2)7-9-16/h4-9,11,13H,12H2,1-2H3,(H,20,21). The van der Waals surface area contributed by atoms with E-state index in [0.29, 0.717) is 11.3 Å². The highest BCUT2D eigenvalue weighted by Gasteiger charge is 2.51. The number of hydrogen-bond donors (Lipinski definition) is 1. The van der Waals surface area contributed by atoms with Gasteiger partial charge in [0.15, 0.2) is 0 Å². The molecule has 2 rings (SSSR count). The van der Waals surface area contributed by atoms with Gasteiger partial charge in [-0.05, 0) is 42.8 Å². The molecule has 1 atom stereocenters. The third kappa shape index (κ3) is 3.49. The number of rotatable bonds is 6. The zero-order valence-electron chi connectivity index (χ0n) is 13.8. The summed E-state index contributed by atoms with van der Waals surface area (Å²) in [5.74, 6) is 3.81. The van der Waals surface area contributed by atoms with Gasteiger partial charge in [-0.15, -0.1) is 5.92 Å². The number of ether oxygens (including phenoxy) is 1. The molecule has 7 heteroatoms. The first kappa shape index (κ1) is 18.5. The van der Waals surface area contributed by atoms with Gasteiger partial charge < -0.3 is 9.84 Å². The van der Waals surface area contributed by atoms with Crippen LogP contribution >= 0.6 is 0 Å². The molecule has 0 amide bonds. The summed E-state index contributed by atoms with van der Waals surface area (Å²) in [5, 5.41) is 9.79. The molecular formula is C18H17NO5S. The van der Waals surface area contributed by atoms with Crippen molar-refractivity contribution in [3.8, 4) is 17.6 Å². The van der Waals surface area contributed by atoms with Crippen molar-refractivity contribution in [2.75, 3.05) is 7.11 Å². The van der Waals surface area contributed by atoms with Gasteiger partial charge in [-0.1, -0.05) is 12.0 Å². The number of hydrogen-bond acceptors (Lipinski definition) is 5. The van der Waals surface area contributed by atoms with Crippen molar-refractivity contribution < 1.29 is 23.1 Å². The second kappa shape index (κ2) is 7.36. The summed E-state index contributed by atoms with van der Waals surface area (Å²) in [6.45, 7) is 1.41. The second-order valence-electron chi connectivity index (χ2n) is 5.22. The smallest absolute Gasteiger partial charge is 0.338 e. The van der Waals surface area contributed by atoms with Crippen molar-refractivity contribution in [2.45, 2.75) is 23.0 Å². The van der Waals surface area contributed by atoms with Gasteiger partial charge in [0.25, 0.3) is 0 Å². The first-order chi connectivity index (χ1) is 11.9. The van der Waals surface area contributed by atoms with Crippen LogP contribution in [-0.4, -0.2) is 36.3 Å². The van der Waals surface area contributed by atoms with Gasteiger partial charge in [0, 0.05) is 18.8 Å². The van der Waals surface area contributed by atoms with Crippen LogP contribution in [0.2, 0.25) is 0 Å². The number of aromatic nitrogens is 1. The molecule has 0 saturated carbocycles. The van der Waals surface area contributed by atoms with Crippen LogP contribution in [0, 0.1) is 11.8 Å². The molecule has 130 valence electrons. The molecule has 0 aliphatic heterocycles. The minimum absolute atomic E-state index is 0.137. The lowest BCUT2D eigenvalue weighted by Crippen LogP contribution is -2.47. The lowest BCUT2D eigenvalue weighted by molar-refractivity contribution is -0.138. The Labute approximate surface area is 146 Å². The number of carboxylic acids is 1. The summed E-state index contributed by atoms with van der Waals surface area (Å²) in [5.41, 5.74) is 0.463. The van der Waals surface area contributed by atoms with Crippen molar-refractivity contribution in [3.05, 3.63) is 54.4 Å². The summed E-state index contributed by atoms with van der Waals surface area (Å²) in [6, 6.07) is 8.78. The fourth-order valence-corrected chi connectivity index (χ4v) is 4.12. The molecule has 1 unspecified atom stereocenters. The lowest BCUT2D eigenvalue weighted by atomic mass is 10.00. The molecule has 0 aliphatic carbocycles. The number of pyridine rings is 1. The van der Waals surface area contributed by atoms with Gasteiger partial charge in [0.05, 0.1) is 12.0 Å². The average Bonchev–Trinajstić information content (AvgIpc) is 2.61. The number of carboxylic acid groups (broad SMARTS) is 1. The summed E-state index contributed by atoms with van der Waals surface area (Å²) in [7, 11) is -2.85. The summed E-state index contributed by atoms with van der Waals surface area (Å²) in [6.07, 6.45) is 2.64. The van der Waals surface area contributed by atoms with E-state index in [-0.39, 0.29) is 11.3 Å². The van der Waals surface area contributed by atoms with Crippen LogP contribution in [0.4, 0.5) is 0 Å². The largest absolute Gasteiger partial charge is 0.497 e. The molecule has 1 N–H and O–H groups in total. The Morgan fingerprint density at radius 3 is 2.44 bits per heavy atom. The Balaban J connectivity index is 2.63. The van der Waals surface area contributed by atoms with E-state index in [4.69, 9.17) is 4.74 Å². The molecule has 1 heterocycles. The molecule has 0 radical (unpaired) electrons. The molecule has 1 aromatic heterocycles. The Bertz CT molecular complexity index is 911. The predicted molar refractivity (Wildman–Crippen MR) is 91.9 cm³/mol. The van der Waals surface area contributed by atoms with Crippen LogP contribution < -0.4 is 4.74 Å². The van der Waals surface area contributed by atoms with Crippen LogP contribution in [0.15, 0.2) is 53.7 Å². The lowest BCUT2D eigenvalue weighted by Gasteiger charge is -2.24. The van der Waals surface area contributed by atoms with Gasteiger partial charge in [0.1, 0.15) is 5.75 Å². The maximum atomic E-state index is 13.1. The third-order valence-electron chi connectivity index (χ3n) is 3.68. The zero-order chi connectivity index (χ0) is 18.5. The van der Waals surface area contributed by atoms with E-state index < -0.39 is 20.6 Å². The SMILES string of the molecule is CC#CC(Cc1cccnc1)(C(=O)O)S(=O)(=O)c1ccc(OC)cc1. The van der Waals surface area contributed by atoms with Crippen molar-refractivity contribution in [1.29, 1.82) is 0 Å². The quantitative estimate of drug-likeness (QED) is 0.793. The van der Waals surface area contributed by atoms with E-state index in [2.05, 4.69) is 16.8 Å². The number of benzene rings is 1. The highest BCUT2D eigenvalue weighted by atomic mass is 32.2. The Kier molecular flexibility index (Phi) is 5.45. The van der Waals surface area contributed by atoms with Gasteiger partial charge in [-0.3, -0.25) is 4.98 Å². The molecule has 2 aromatic rings. The molecule has 6 nitrogen and oxygen atoms in total. The molecule has 1 aromatic carbocycles. The van der Waals surface area contributed by atoms with Crippen molar-refractivity contribution in [2.24, 2.45) is 0 Å².